The summed E-state index contributed by atoms with van der Waals surface area (Å²) in [6.07, 6.45) is 4.65. The van der Waals surface area contributed by atoms with Gasteiger partial charge in [-0.25, -0.2) is 0 Å². The fourth-order valence-corrected chi connectivity index (χ4v) is 2.67. The molecular weight excluding hydrogens is 330 g/mol. The van der Waals surface area contributed by atoms with Gasteiger partial charge in [0.15, 0.2) is 5.82 Å². The molecule has 1 heterocycles. The number of carbonyl (C=O) groups is 1. The molecule has 2 rings (SSSR count). The second kappa shape index (κ2) is 10.7. The zero-order valence-corrected chi connectivity index (χ0v) is 16.0. The molecule has 26 heavy (non-hydrogen) atoms. The second-order valence-corrected chi connectivity index (χ2v) is 6.19. The van der Waals surface area contributed by atoms with Crippen LogP contribution in [0.15, 0.2) is 24.3 Å². The Kier molecular flexibility index (Phi) is 8.28. The number of benzene rings is 1. The maximum absolute atomic E-state index is 12.7. The van der Waals surface area contributed by atoms with Crippen molar-refractivity contribution < 1.29 is 14.3 Å². The molecule has 0 unspecified atom stereocenters. The van der Waals surface area contributed by atoms with Gasteiger partial charge in [-0.05, 0) is 25.8 Å². The van der Waals surface area contributed by atoms with Crippen molar-refractivity contribution in [2.45, 2.75) is 52.9 Å². The smallest absolute Gasteiger partial charge is 0.336 e. The first-order valence-corrected chi connectivity index (χ1v) is 9.44. The van der Waals surface area contributed by atoms with Crippen molar-refractivity contribution in [3.8, 4) is 17.4 Å². The third-order valence-corrected chi connectivity index (χ3v) is 4.12. The molecule has 0 aliphatic carbocycles. The molecule has 0 atom stereocenters. The third-order valence-electron chi connectivity index (χ3n) is 4.12. The maximum atomic E-state index is 12.7. The molecule has 2 aromatic rings. The Labute approximate surface area is 155 Å². The lowest BCUT2D eigenvalue weighted by molar-refractivity contribution is 0.0878. The number of unbranched alkanes of at least 4 members (excludes halogenated alkanes) is 3. The van der Waals surface area contributed by atoms with E-state index in [0.717, 1.165) is 36.8 Å². The third kappa shape index (κ3) is 5.66. The van der Waals surface area contributed by atoms with E-state index in [9.17, 15) is 4.79 Å². The number of hydrogen-bond acceptors (Lipinski definition) is 5. The fourth-order valence-electron chi connectivity index (χ4n) is 2.67. The Morgan fingerprint density at radius 1 is 1.12 bits per heavy atom. The van der Waals surface area contributed by atoms with Gasteiger partial charge in [-0.3, -0.25) is 4.79 Å². The van der Waals surface area contributed by atoms with Gasteiger partial charge in [-0.15, -0.1) is 5.10 Å². The van der Waals surface area contributed by atoms with Crippen LogP contribution in [-0.4, -0.2) is 40.5 Å². The Morgan fingerprint density at radius 2 is 1.92 bits per heavy atom. The zero-order chi connectivity index (χ0) is 18.8. The van der Waals surface area contributed by atoms with E-state index < -0.39 is 0 Å². The molecule has 0 spiro atoms. The highest BCUT2D eigenvalue weighted by atomic mass is 16.5. The molecule has 6 heteroatoms. The summed E-state index contributed by atoms with van der Waals surface area (Å²) in [6.45, 7) is 7.54. The minimum atomic E-state index is -0.0495. The molecule has 0 fully saturated rings. The quantitative estimate of drug-likeness (QED) is 0.560. The highest BCUT2D eigenvalue weighted by Crippen LogP contribution is 2.24. The van der Waals surface area contributed by atoms with Crippen LogP contribution in [0, 0.1) is 6.92 Å². The molecule has 0 N–H and O–H groups in total. The van der Waals surface area contributed by atoms with Crippen LogP contribution < -0.4 is 4.74 Å². The van der Waals surface area contributed by atoms with Crippen molar-refractivity contribution in [1.29, 1.82) is 0 Å². The molecule has 0 radical (unpaired) electrons. The summed E-state index contributed by atoms with van der Waals surface area (Å²) in [5.41, 5.74) is 1.93. The number of rotatable bonds is 11. The minimum Gasteiger partial charge on any atom is -0.460 e. The van der Waals surface area contributed by atoms with Crippen molar-refractivity contribution in [2.75, 3.05) is 19.8 Å². The van der Waals surface area contributed by atoms with Gasteiger partial charge in [0.25, 0.3) is 0 Å². The normalized spacial score (nSPS) is 10.9. The summed E-state index contributed by atoms with van der Waals surface area (Å²) in [6, 6.07) is 8.05. The van der Waals surface area contributed by atoms with E-state index in [4.69, 9.17) is 9.47 Å². The number of carbonyl (C=O) groups excluding carboxylic acids is 1. The Morgan fingerprint density at radius 3 is 2.65 bits per heavy atom. The summed E-state index contributed by atoms with van der Waals surface area (Å²) < 4.78 is 12.2. The Balaban J connectivity index is 2.18. The van der Waals surface area contributed by atoms with Crippen LogP contribution in [0.2, 0.25) is 0 Å². The van der Waals surface area contributed by atoms with E-state index in [0.29, 0.717) is 32.1 Å². The number of ether oxygens (including phenoxy) is 2. The summed E-state index contributed by atoms with van der Waals surface area (Å²) in [5, 5.41) is 4.30. The Hall–Kier alpha value is -2.21. The molecule has 0 aliphatic heterocycles. The van der Waals surface area contributed by atoms with Crippen LogP contribution in [0.4, 0.5) is 0 Å². The van der Waals surface area contributed by atoms with Crippen LogP contribution in [-0.2, 0) is 4.74 Å². The number of aromatic nitrogens is 3. The zero-order valence-electron chi connectivity index (χ0n) is 16.0. The predicted octanol–water partition coefficient (Wildman–Crippen LogP) is 4.28. The largest absolute Gasteiger partial charge is 0.460 e. The molecule has 0 saturated heterocycles. The number of aryl methyl sites for hydroxylation is 1. The van der Waals surface area contributed by atoms with Crippen LogP contribution in [0.5, 0.6) is 6.01 Å². The van der Waals surface area contributed by atoms with Gasteiger partial charge >= 0.3 is 6.01 Å². The van der Waals surface area contributed by atoms with E-state index in [1.807, 2.05) is 38.1 Å². The molecule has 1 aromatic carbocycles. The maximum Gasteiger partial charge on any atom is 0.336 e. The SMILES string of the molecule is CCCCCCC(=O)n1nc(OCCOCC)nc1-c1ccccc1C. The average Bonchev–Trinajstić information content (AvgIpc) is 3.07. The van der Waals surface area contributed by atoms with Crippen molar-refractivity contribution >= 4 is 5.91 Å². The van der Waals surface area contributed by atoms with Crippen molar-refractivity contribution in [3.63, 3.8) is 0 Å². The van der Waals surface area contributed by atoms with Gasteiger partial charge in [0.2, 0.25) is 5.91 Å². The van der Waals surface area contributed by atoms with Crippen molar-refractivity contribution in [3.05, 3.63) is 29.8 Å². The molecule has 0 amide bonds. The first kappa shape index (κ1) is 20.1. The van der Waals surface area contributed by atoms with Gasteiger partial charge in [0.1, 0.15) is 6.61 Å². The van der Waals surface area contributed by atoms with Gasteiger partial charge in [0, 0.05) is 18.6 Å². The lowest BCUT2D eigenvalue weighted by atomic mass is 10.1. The van der Waals surface area contributed by atoms with Gasteiger partial charge in [-0.1, -0.05) is 50.5 Å². The predicted molar refractivity (Wildman–Crippen MR) is 102 cm³/mol. The highest BCUT2D eigenvalue weighted by Gasteiger charge is 2.19. The van der Waals surface area contributed by atoms with E-state index in [1.165, 1.54) is 4.68 Å². The van der Waals surface area contributed by atoms with Crippen molar-refractivity contribution in [2.24, 2.45) is 0 Å². The first-order valence-electron chi connectivity index (χ1n) is 9.44. The van der Waals surface area contributed by atoms with Crippen LogP contribution in [0.3, 0.4) is 0 Å². The first-order chi connectivity index (χ1) is 12.7. The van der Waals surface area contributed by atoms with Gasteiger partial charge in [0.05, 0.1) is 6.61 Å². The highest BCUT2D eigenvalue weighted by molar-refractivity contribution is 5.82. The summed E-state index contributed by atoms with van der Waals surface area (Å²) in [7, 11) is 0. The fraction of sp³-hybridized carbons (Fsp3) is 0.550. The molecule has 0 saturated carbocycles. The van der Waals surface area contributed by atoms with Gasteiger partial charge < -0.3 is 9.47 Å². The topological polar surface area (TPSA) is 66.2 Å². The average molecular weight is 359 g/mol. The lowest BCUT2D eigenvalue weighted by Gasteiger charge is -2.06. The molecular formula is C20H29N3O3. The number of hydrogen-bond donors (Lipinski definition) is 0. The standard InChI is InChI=1S/C20H29N3O3/c1-4-6-7-8-13-18(24)23-19(17-12-10-9-11-16(17)3)21-20(22-23)26-15-14-25-5-2/h9-12H,4-8,13-15H2,1-3H3. The molecule has 0 aliphatic rings. The molecule has 1 aromatic heterocycles. The molecule has 142 valence electrons. The molecule has 6 nitrogen and oxygen atoms in total. The monoisotopic (exact) mass is 359 g/mol. The van der Waals surface area contributed by atoms with E-state index in [2.05, 4.69) is 17.0 Å². The molecule has 0 bridgehead atoms. The van der Waals surface area contributed by atoms with Gasteiger partial charge in [-0.2, -0.15) is 9.67 Å². The van der Waals surface area contributed by atoms with Crippen LogP contribution in [0.1, 0.15) is 56.3 Å². The summed E-state index contributed by atoms with van der Waals surface area (Å²) in [4.78, 5) is 17.1. The van der Waals surface area contributed by atoms with Crippen molar-refractivity contribution in [1.82, 2.24) is 14.8 Å². The Bertz CT molecular complexity index is 697. The van der Waals surface area contributed by atoms with E-state index in [-0.39, 0.29) is 11.9 Å². The van der Waals surface area contributed by atoms with Crippen LogP contribution in [0.25, 0.3) is 11.4 Å². The van der Waals surface area contributed by atoms with E-state index >= 15 is 0 Å². The van der Waals surface area contributed by atoms with Crippen LogP contribution >= 0.6 is 0 Å². The summed E-state index contributed by atoms with van der Waals surface area (Å²) in [5.74, 6) is 0.488. The summed E-state index contributed by atoms with van der Waals surface area (Å²) >= 11 is 0. The van der Waals surface area contributed by atoms with E-state index in [1.54, 1.807) is 0 Å². The number of nitrogens with zero attached hydrogens (tertiary/aromatic N) is 3. The second-order valence-electron chi connectivity index (χ2n) is 6.19. The lowest BCUT2D eigenvalue weighted by Crippen LogP contribution is -2.14. The minimum absolute atomic E-state index is 0.0495.